The Hall–Kier alpha value is -4.66. The number of guanidine groups is 1. The molecule has 0 unspecified atom stereocenters. The van der Waals surface area contributed by atoms with Crippen LogP contribution in [0.4, 0.5) is 0 Å². The van der Waals surface area contributed by atoms with Gasteiger partial charge in [0.05, 0.1) is 19.0 Å². The summed E-state index contributed by atoms with van der Waals surface area (Å²) < 4.78 is 0. The first-order valence-corrected chi connectivity index (χ1v) is 16.8. The SMILES string of the molecule is CC[C@H](C)[C@H](N)C(=O)N[C@@H](CCC(=O)O)C(=O)NCC(=O)N[C@@H](CCCN=C(N)N)C(=O)N[C@@H](CCSC)C(=O)N[C@@H](CC(=O)O)C(=O)O. The van der Waals surface area contributed by atoms with Gasteiger partial charge in [-0.25, -0.2) is 4.79 Å². The van der Waals surface area contributed by atoms with Gasteiger partial charge in [-0.3, -0.25) is 38.6 Å². The molecule has 0 radical (unpaired) electrons. The topological polar surface area (TPSA) is 348 Å². The van der Waals surface area contributed by atoms with Crippen molar-refractivity contribution < 1.29 is 53.7 Å². The third kappa shape index (κ3) is 19.1. The lowest BCUT2D eigenvalue weighted by Crippen LogP contribution is -2.57. The van der Waals surface area contributed by atoms with Crippen LogP contribution in [0.15, 0.2) is 4.99 Å². The summed E-state index contributed by atoms with van der Waals surface area (Å²) in [5.74, 6) is -8.66. The van der Waals surface area contributed by atoms with Gasteiger partial charge in [-0.1, -0.05) is 20.3 Å². The average Bonchev–Trinajstić information content (AvgIpc) is 3.03. The number of nitrogens with zero attached hydrogens (tertiary/aromatic N) is 1. The van der Waals surface area contributed by atoms with Crippen molar-refractivity contribution in [2.75, 3.05) is 25.1 Å². The van der Waals surface area contributed by atoms with Gasteiger partial charge < -0.3 is 59.1 Å². The maximum atomic E-state index is 13.3. The molecule has 20 nitrogen and oxygen atoms in total. The molecule has 0 heterocycles. The van der Waals surface area contributed by atoms with Crippen molar-refractivity contribution in [2.45, 2.75) is 89.0 Å². The maximum Gasteiger partial charge on any atom is 0.326 e. The highest BCUT2D eigenvalue weighted by atomic mass is 32.2. The molecule has 0 fully saturated rings. The van der Waals surface area contributed by atoms with E-state index >= 15 is 0 Å². The first kappa shape index (κ1) is 44.3. The number of aliphatic carboxylic acids is 3. The second-order valence-corrected chi connectivity index (χ2v) is 12.0. The van der Waals surface area contributed by atoms with Gasteiger partial charge in [-0.2, -0.15) is 11.8 Å². The van der Waals surface area contributed by atoms with Gasteiger partial charge in [-0.05, 0) is 43.6 Å². The van der Waals surface area contributed by atoms with Crippen molar-refractivity contribution >= 4 is 65.2 Å². The van der Waals surface area contributed by atoms with E-state index in [0.29, 0.717) is 12.2 Å². The Morgan fingerprint density at radius 2 is 1.31 bits per heavy atom. The molecule has 0 aromatic rings. The predicted molar refractivity (Wildman–Crippen MR) is 178 cm³/mol. The minimum absolute atomic E-state index is 0.0209. The molecular formula is C28H49N9O11S. The highest BCUT2D eigenvalue weighted by Crippen LogP contribution is 2.08. The number of carbonyl (C=O) groups is 8. The Labute approximate surface area is 287 Å². The number of carboxylic acids is 3. The molecule has 14 N–H and O–H groups in total. The fourth-order valence-electron chi connectivity index (χ4n) is 4.05. The normalized spacial score (nSPS) is 14.4. The van der Waals surface area contributed by atoms with E-state index in [2.05, 4.69) is 31.6 Å². The number of hydrogen-bond acceptors (Lipinski definition) is 11. The summed E-state index contributed by atoms with van der Waals surface area (Å²) >= 11 is 1.32. The van der Waals surface area contributed by atoms with Crippen LogP contribution >= 0.6 is 11.8 Å². The van der Waals surface area contributed by atoms with Crippen molar-refractivity contribution in [3.8, 4) is 0 Å². The second kappa shape index (κ2) is 23.6. The van der Waals surface area contributed by atoms with E-state index in [4.69, 9.17) is 27.4 Å². The van der Waals surface area contributed by atoms with E-state index in [-0.39, 0.29) is 44.1 Å². The minimum atomic E-state index is -1.77. The van der Waals surface area contributed by atoms with Crippen LogP contribution in [-0.4, -0.2) is 124 Å². The van der Waals surface area contributed by atoms with E-state index in [1.807, 2.05) is 6.92 Å². The molecule has 0 aromatic heterocycles. The smallest absolute Gasteiger partial charge is 0.326 e. The van der Waals surface area contributed by atoms with Gasteiger partial charge in [-0.15, -0.1) is 0 Å². The van der Waals surface area contributed by atoms with Crippen molar-refractivity contribution in [3.63, 3.8) is 0 Å². The number of nitrogens with one attached hydrogen (secondary N) is 5. The van der Waals surface area contributed by atoms with Gasteiger partial charge in [0.2, 0.25) is 29.5 Å². The van der Waals surface area contributed by atoms with Crippen LogP contribution in [0.2, 0.25) is 0 Å². The van der Waals surface area contributed by atoms with Crippen molar-refractivity contribution in [1.82, 2.24) is 26.6 Å². The van der Waals surface area contributed by atoms with Crippen LogP contribution in [0, 0.1) is 5.92 Å². The number of carboxylic acid groups (broad SMARTS) is 3. The molecule has 0 bridgehead atoms. The van der Waals surface area contributed by atoms with E-state index < -0.39 is 97.0 Å². The zero-order chi connectivity index (χ0) is 37.7. The standard InChI is InChI=1S/C28H49N9O11S/c1-4-14(2)22(29)26(46)36-16(7-8-20(39)40)23(43)33-13-19(38)34-15(6-5-10-32-28(30)31)24(44)35-17(9-11-49-3)25(45)37-18(27(47)48)12-21(41)42/h14-18,22H,4-13,29H2,1-3H3,(H,33,43)(H,34,38)(H,35,44)(H,36,46)(H,37,45)(H,39,40)(H,41,42)(H,47,48)(H4,30,31,32)/t14-,15-,16-,17-,18-,22-/m0/s1. The largest absolute Gasteiger partial charge is 0.481 e. The third-order valence-corrected chi connectivity index (χ3v) is 7.74. The summed E-state index contributed by atoms with van der Waals surface area (Å²) in [5, 5.41) is 39.1. The van der Waals surface area contributed by atoms with Crippen LogP contribution in [-0.2, 0) is 38.4 Å². The molecule has 0 aliphatic rings. The van der Waals surface area contributed by atoms with E-state index in [9.17, 15) is 43.5 Å². The first-order chi connectivity index (χ1) is 22.9. The molecule has 0 saturated heterocycles. The molecule has 278 valence electrons. The first-order valence-electron chi connectivity index (χ1n) is 15.4. The lowest BCUT2D eigenvalue weighted by molar-refractivity contribution is -0.147. The Balaban J connectivity index is 5.83. The number of amides is 5. The van der Waals surface area contributed by atoms with Crippen molar-refractivity contribution in [2.24, 2.45) is 28.1 Å². The van der Waals surface area contributed by atoms with Gasteiger partial charge in [0.15, 0.2) is 5.96 Å². The summed E-state index contributed by atoms with van der Waals surface area (Å²) in [6.45, 7) is 2.91. The third-order valence-electron chi connectivity index (χ3n) is 7.10. The molecule has 0 saturated carbocycles. The van der Waals surface area contributed by atoms with Crippen LogP contribution in [0.25, 0.3) is 0 Å². The highest BCUT2D eigenvalue weighted by molar-refractivity contribution is 7.98. The molecule has 0 aromatic carbocycles. The fourth-order valence-corrected chi connectivity index (χ4v) is 4.52. The summed E-state index contributed by atoms with van der Waals surface area (Å²) in [6.07, 6.45) is 0.739. The Morgan fingerprint density at radius 3 is 1.82 bits per heavy atom. The molecular weight excluding hydrogens is 670 g/mol. The Morgan fingerprint density at radius 1 is 0.755 bits per heavy atom. The van der Waals surface area contributed by atoms with Gasteiger partial charge in [0, 0.05) is 13.0 Å². The number of thioether (sulfide) groups is 1. The van der Waals surface area contributed by atoms with Gasteiger partial charge in [0.1, 0.15) is 24.2 Å². The number of hydrogen-bond donors (Lipinski definition) is 11. The van der Waals surface area contributed by atoms with E-state index in [1.54, 1.807) is 13.2 Å². The van der Waals surface area contributed by atoms with Gasteiger partial charge in [0.25, 0.3) is 0 Å². The molecule has 0 aliphatic carbocycles. The lowest BCUT2D eigenvalue weighted by Gasteiger charge is -2.25. The highest BCUT2D eigenvalue weighted by Gasteiger charge is 2.31. The van der Waals surface area contributed by atoms with Crippen LogP contribution < -0.4 is 43.8 Å². The van der Waals surface area contributed by atoms with Crippen LogP contribution in [0.3, 0.4) is 0 Å². The summed E-state index contributed by atoms with van der Waals surface area (Å²) in [5.41, 5.74) is 16.6. The van der Waals surface area contributed by atoms with Crippen LogP contribution in [0.1, 0.15) is 58.8 Å². The number of carbonyl (C=O) groups excluding carboxylic acids is 5. The molecule has 6 atom stereocenters. The summed E-state index contributed by atoms with van der Waals surface area (Å²) in [6, 6.07) is -6.70. The maximum absolute atomic E-state index is 13.3. The molecule has 5 amide bonds. The number of rotatable bonds is 25. The fraction of sp³-hybridized carbons (Fsp3) is 0.679. The summed E-state index contributed by atoms with van der Waals surface area (Å²) in [4.78, 5) is 102. The Kier molecular flexibility index (Phi) is 21.4. The number of nitrogens with two attached hydrogens (primary N) is 3. The van der Waals surface area contributed by atoms with Crippen LogP contribution in [0.5, 0.6) is 0 Å². The van der Waals surface area contributed by atoms with Gasteiger partial charge >= 0.3 is 17.9 Å². The molecule has 0 spiro atoms. The zero-order valence-corrected chi connectivity index (χ0v) is 28.5. The van der Waals surface area contributed by atoms with E-state index in [0.717, 1.165) is 0 Å². The summed E-state index contributed by atoms with van der Waals surface area (Å²) in [7, 11) is 0. The molecule has 0 aliphatic heterocycles. The molecule has 21 heteroatoms. The molecule has 0 rings (SSSR count). The monoisotopic (exact) mass is 719 g/mol. The number of aliphatic imine (C=N–C) groups is 1. The van der Waals surface area contributed by atoms with Crippen molar-refractivity contribution in [3.05, 3.63) is 0 Å². The lowest BCUT2D eigenvalue weighted by atomic mass is 9.98. The second-order valence-electron chi connectivity index (χ2n) is 11.0. The van der Waals surface area contributed by atoms with Crippen molar-refractivity contribution in [1.29, 1.82) is 0 Å². The average molecular weight is 720 g/mol. The quantitative estimate of drug-likeness (QED) is 0.0249. The predicted octanol–water partition coefficient (Wildman–Crippen LogP) is -3.35. The Bertz CT molecular complexity index is 1200. The molecule has 49 heavy (non-hydrogen) atoms. The minimum Gasteiger partial charge on any atom is -0.481 e. The zero-order valence-electron chi connectivity index (χ0n) is 27.7. The van der Waals surface area contributed by atoms with E-state index in [1.165, 1.54) is 11.8 Å².